The second-order valence-corrected chi connectivity index (χ2v) is 8.55. The summed E-state index contributed by atoms with van der Waals surface area (Å²) in [6.07, 6.45) is 0.848. The standard InChI is InChI=1S/C27H28N4O3S/c1-3-20-10-8-9-13-24(20)28-26(32)19-35-27-30-29-25(18-34-22-11-6-5-7-12-22)31(27)21-14-16-23(17-15-21)33-4-2/h5-17H,3-4,18-19H2,1-2H3,(H,28,32). The van der Waals surface area contributed by atoms with Gasteiger partial charge in [0, 0.05) is 11.4 Å². The van der Waals surface area contributed by atoms with Gasteiger partial charge in [-0.3, -0.25) is 9.36 Å². The highest BCUT2D eigenvalue weighted by Crippen LogP contribution is 2.25. The summed E-state index contributed by atoms with van der Waals surface area (Å²) in [6.45, 7) is 4.85. The fourth-order valence-electron chi connectivity index (χ4n) is 3.54. The average Bonchev–Trinajstić information content (AvgIpc) is 3.30. The van der Waals surface area contributed by atoms with E-state index in [0.29, 0.717) is 17.6 Å². The Bertz CT molecular complexity index is 1240. The van der Waals surface area contributed by atoms with Crippen LogP contribution in [0.5, 0.6) is 11.5 Å². The van der Waals surface area contributed by atoms with Gasteiger partial charge in [-0.15, -0.1) is 10.2 Å². The van der Waals surface area contributed by atoms with E-state index in [9.17, 15) is 4.79 Å². The zero-order valence-corrected chi connectivity index (χ0v) is 20.6. The molecule has 0 atom stereocenters. The minimum atomic E-state index is -0.0979. The van der Waals surface area contributed by atoms with Gasteiger partial charge in [0.2, 0.25) is 5.91 Å². The number of benzene rings is 3. The van der Waals surface area contributed by atoms with E-state index >= 15 is 0 Å². The number of thioether (sulfide) groups is 1. The Morgan fingerprint density at radius 2 is 1.60 bits per heavy atom. The van der Waals surface area contributed by atoms with Crippen LogP contribution in [0.3, 0.4) is 0 Å². The number of para-hydroxylation sites is 2. The SMILES string of the molecule is CCOc1ccc(-n2c(COc3ccccc3)nnc2SCC(=O)Nc2ccccc2CC)cc1. The maximum absolute atomic E-state index is 12.7. The smallest absolute Gasteiger partial charge is 0.234 e. The summed E-state index contributed by atoms with van der Waals surface area (Å²) in [5.74, 6) is 2.27. The van der Waals surface area contributed by atoms with E-state index in [1.54, 1.807) is 0 Å². The first kappa shape index (κ1) is 24.3. The summed E-state index contributed by atoms with van der Waals surface area (Å²) in [6, 6.07) is 25.1. The molecule has 1 heterocycles. The van der Waals surface area contributed by atoms with Crippen molar-refractivity contribution in [3.8, 4) is 17.2 Å². The van der Waals surface area contributed by atoms with Gasteiger partial charge in [-0.05, 0) is 61.4 Å². The maximum atomic E-state index is 12.7. The first-order valence-electron chi connectivity index (χ1n) is 11.5. The van der Waals surface area contributed by atoms with Crippen molar-refractivity contribution >= 4 is 23.4 Å². The number of carbonyl (C=O) groups is 1. The van der Waals surface area contributed by atoms with Gasteiger partial charge in [0.15, 0.2) is 11.0 Å². The van der Waals surface area contributed by atoms with Crippen LogP contribution in [-0.4, -0.2) is 33.0 Å². The molecule has 0 radical (unpaired) electrons. The Balaban J connectivity index is 1.52. The van der Waals surface area contributed by atoms with Crippen molar-refractivity contribution in [3.05, 3.63) is 90.3 Å². The Morgan fingerprint density at radius 1 is 0.886 bits per heavy atom. The van der Waals surface area contributed by atoms with Crippen LogP contribution in [0, 0.1) is 0 Å². The molecule has 0 saturated heterocycles. The summed E-state index contributed by atoms with van der Waals surface area (Å²) in [5, 5.41) is 12.3. The molecule has 35 heavy (non-hydrogen) atoms. The number of ether oxygens (including phenoxy) is 2. The van der Waals surface area contributed by atoms with Crippen LogP contribution in [0.1, 0.15) is 25.2 Å². The molecule has 4 aromatic rings. The molecule has 0 aliphatic rings. The highest BCUT2D eigenvalue weighted by molar-refractivity contribution is 7.99. The molecule has 1 amide bonds. The van der Waals surface area contributed by atoms with Crippen molar-refractivity contribution < 1.29 is 14.3 Å². The third kappa shape index (κ3) is 6.42. The van der Waals surface area contributed by atoms with Gasteiger partial charge in [0.25, 0.3) is 0 Å². The van der Waals surface area contributed by atoms with E-state index in [1.165, 1.54) is 11.8 Å². The lowest BCUT2D eigenvalue weighted by Crippen LogP contribution is -2.16. The van der Waals surface area contributed by atoms with Crippen molar-refractivity contribution in [3.63, 3.8) is 0 Å². The second kappa shape index (κ2) is 12.1. The molecular weight excluding hydrogens is 460 g/mol. The van der Waals surface area contributed by atoms with Crippen molar-refractivity contribution in [2.24, 2.45) is 0 Å². The monoisotopic (exact) mass is 488 g/mol. The molecule has 1 aromatic heterocycles. The van der Waals surface area contributed by atoms with Crippen molar-refractivity contribution in [2.45, 2.75) is 32.0 Å². The highest BCUT2D eigenvalue weighted by Gasteiger charge is 2.17. The lowest BCUT2D eigenvalue weighted by Gasteiger charge is -2.12. The number of rotatable bonds is 11. The Hall–Kier alpha value is -3.78. The van der Waals surface area contributed by atoms with Crippen LogP contribution < -0.4 is 14.8 Å². The lowest BCUT2D eigenvalue weighted by molar-refractivity contribution is -0.113. The first-order valence-corrected chi connectivity index (χ1v) is 12.5. The van der Waals surface area contributed by atoms with Crippen LogP contribution in [0.4, 0.5) is 5.69 Å². The molecule has 8 heteroatoms. The predicted molar refractivity (Wildman–Crippen MR) is 138 cm³/mol. The molecular formula is C27H28N4O3S. The lowest BCUT2D eigenvalue weighted by atomic mass is 10.1. The summed E-state index contributed by atoms with van der Waals surface area (Å²) in [7, 11) is 0. The van der Waals surface area contributed by atoms with E-state index in [4.69, 9.17) is 9.47 Å². The number of carbonyl (C=O) groups excluding carboxylic acids is 1. The quantitative estimate of drug-likeness (QED) is 0.279. The van der Waals surface area contributed by atoms with E-state index in [2.05, 4.69) is 22.4 Å². The highest BCUT2D eigenvalue weighted by atomic mass is 32.2. The fraction of sp³-hybridized carbons (Fsp3) is 0.222. The number of nitrogens with zero attached hydrogens (tertiary/aromatic N) is 3. The van der Waals surface area contributed by atoms with E-state index in [0.717, 1.165) is 34.9 Å². The van der Waals surface area contributed by atoms with Crippen molar-refractivity contribution in [1.82, 2.24) is 14.8 Å². The Labute approximate surface area is 209 Å². The number of hydrogen-bond acceptors (Lipinski definition) is 6. The first-order chi connectivity index (χ1) is 17.2. The molecule has 1 N–H and O–H groups in total. The van der Waals surface area contributed by atoms with Gasteiger partial charge in [-0.25, -0.2) is 0 Å². The Morgan fingerprint density at radius 3 is 2.34 bits per heavy atom. The largest absolute Gasteiger partial charge is 0.494 e. The van der Waals surface area contributed by atoms with Crippen LogP contribution in [0.15, 0.2) is 84.0 Å². The van der Waals surface area contributed by atoms with Gasteiger partial charge in [0.05, 0.1) is 12.4 Å². The van der Waals surface area contributed by atoms with Crippen LogP contribution >= 0.6 is 11.8 Å². The maximum Gasteiger partial charge on any atom is 0.234 e. The molecule has 0 aliphatic heterocycles. The van der Waals surface area contributed by atoms with Crippen LogP contribution in [-0.2, 0) is 17.8 Å². The van der Waals surface area contributed by atoms with Gasteiger partial charge < -0.3 is 14.8 Å². The third-order valence-corrected chi connectivity index (χ3v) is 6.15. The number of amides is 1. The summed E-state index contributed by atoms with van der Waals surface area (Å²) in [5.41, 5.74) is 2.80. The zero-order chi connectivity index (χ0) is 24.5. The number of nitrogens with one attached hydrogen (secondary N) is 1. The molecule has 4 rings (SSSR count). The Kier molecular flexibility index (Phi) is 8.40. The van der Waals surface area contributed by atoms with E-state index in [1.807, 2.05) is 90.4 Å². The van der Waals surface area contributed by atoms with Crippen LogP contribution in [0.25, 0.3) is 5.69 Å². The molecule has 0 spiro atoms. The molecule has 180 valence electrons. The average molecular weight is 489 g/mol. The summed E-state index contributed by atoms with van der Waals surface area (Å²) >= 11 is 1.33. The number of aromatic nitrogens is 3. The molecule has 3 aromatic carbocycles. The molecule has 0 unspecified atom stereocenters. The van der Waals surface area contributed by atoms with Gasteiger partial charge >= 0.3 is 0 Å². The van der Waals surface area contributed by atoms with E-state index < -0.39 is 0 Å². The summed E-state index contributed by atoms with van der Waals surface area (Å²) in [4.78, 5) is 12.7. The topological polar surface area (TPSA) is 78.3 Å². The molecule has 0 aliphatic carbocycles. The minimum absolute atomic E-state index is 0.0979. The number of anilines is 1. The number of aryl methyl sites for hydroxylation is 1. The number of hydrogen-bond donors (Lipinski definition) is 1. The minimum Gasteiger partial charge on any atom is -0.494 e. The fourth-order valence-corrected chi connectivity index (χ4v) is 4.31. The van der Waals surface area contributed by atoms with Crippen molar-refractivity contribution in [2.75, 3.05) is 17.7 Å². The normalized spacial score (nSPS) is 10.7. The molecule has 0 saturated carbocycles. The summed E-state index contributed by atoms with van der Waals surface area (Å²) < 4.78 is 13.4. The van der Waals surface area contributed by atoms with Crippen molar-refractivity contribution in [1.29, 1.82) is 0 Å². The van der Waals surface area contributed by atoms with Gasteiger partial charge in [0.1, 0.15) is 18.1 Å². The molecule has 7 nitrogen and oxygen atoms in total. The van der Waals surface area contributed by atoms with Gasteiger partial charge in [-0.2, -0.15) is 0 Å². The third-order valence-electron chi connectivity index (χ3n) is 5.22. The van der Waals surface area contributed by atoms with Crippen LogP contribution in [0.2, 0.25) is 0 Å². The van der Waals surface area contributed by atoms with E-state index in [-0.39, 0.29) is 18.3 Å². The molecule has 0 fully saturated rings. The molecule has 0 bridgehead atoms. The van der Waals surface area contributed by atoms with Gasteiger partial charge in [-0.1, -0.05) is 55.1 Å². The second-order valence-electron chi connectivity index (χ2n) is 7.61. The zero-order valence-electron chi connectivity index (χ0n) is 19.8. The predicted octanol–water partition coefficient (Wildman–Crippen LogP) is 5.54.